The van der Waals surface area contributed by atoms with Crippen molar-refractivity contribution in [2.24, 2.45) is 5.92 Å². The zero-order valence-corrected chi connectivity index (χ0v) is 9.97. The Morgan fingerprint density at radius 1 is 1.22 bits per heavy atom. The van der Waals surface area contributed by atoms with Gasteiger partial charge in [0, 0.05) is 0 Å². The Balaban J connectivity index is 2.33. The number of halogens is 3. The van der Waals surface area contributed by atoms with Gasteiger partial charge < -0.3 is 0 Å². The van der Waals surface area contributed by atoms with Crippen LogP contribution < -0.4 is 0 Å². The molecule has 4 heteroatoms. The lowest BCUT2D eigenvalue weighted by molar-refractivity contribution is 0.102. The highest BCUT2D eigenvalue weighted by Gasteiger charge is 2.23. The van der Waals surface area contributed by atoms with E-state index in [1.807, 2.05) is 0 Å². The summed E-state index contributed by atoms with van der Waals surface area (Å²) in [4.78, 5) is 12.0. The van der Waals surface area contributed by atoms with Crippen LogP contribution in [0.1, 0.15) is 36.5 Å². The second kappa shape index (κ2) is 4.96. The summed E-state index contributed by atoms with van der Waals surface area (Å²) in [7, 11) is 0. The molecule has 0 aromatic heterocycles. The molecule has 0 saturated carbocycles. The Morgan fingerprint density at radius 3 is 2.56 bits per heavy atom. The maximum atomic E-state index is 13.5. The number of carbonyl (C=O) groups is 1. The first-order valence-corrected chi connectivity index (χ1v) is 5.88. The van der Waals surface area contributed by atoms with Crippen LogP contribution in [0.5, 0.6) is 0 Å². The van der Waals surface area contributed by atoms with Crippen molar-refractivity contribution < 1.29 is 18.0 Å². The van der Waals surface area contributed by atoms with Gasteiger partial charge in [-0.25, -0.2) is 13.2 Å². The second-order valence-corrected chi connectivity index (χ2v) is 4.66. The van der Waals surface area contributed by atoms with Gasteiger partial charge in [0.15, 0.2) is 23.2 Å². The van der Waals surface area contributed by atoms with Crippen molar-refractivity contribution in [3.8, 4) is 0 Å². The van der Waals surface area contributed by atoms with Crippen LogP contribution in [0.3, 0.4) is 0 Å². The van der Waals surface area contributed by atoms with Crippen molar-refractivity contribution in [3.05, 3.63) is 46.8 Å². The van der Waals surface area contributed by atoms with E-state index < -0.39 is 28.8 Å². The van der Waals surface area contributed by atoms with Gasteiger partial charge in [-0.15, -0.1) is 0 Å². The Labute approximate surface area is 103 Å². The molecular weight excluding hydrogens is 241 g/mol. The molecule has 0 heterocycles. The maximum Gasteiger partial charge on any atom is 0.195 e. The normalized spacial score (nSPS) is 19.6. The zero-order chi connectivity index (χ0) is 13.3. The predicted molar refractivity (Wildman–Crippen MR) is 61.7 cm³/mol. The summed E-state index contributed by atoms with van der Waals surface area (Å²) >= 11 is 0. The molecule has 0 fully saturated rings. The topological polar surface area (TPSA) is 17.1 Å². The third-order valence-electron chi connectivity index (χ3n) is 3.24. The number of hydrogen-bond donors (Lipinski definition) is 0. The third kappa shape index (κ3) is 2.33. The minimum atomic E-state index is -1.59. The fraction of sp³-hybridized carbons (Fsp3) is 0.357. The first-order chi connectivity index (χ1) is 8.50. The lowest BCUT2D eigenvalue weighted by Gasteiger charge is -2.17. The lowest BCUT2D eigenvalue weighted by atomic mass is 9.87. The Morgan fingerprint density at radius 2 is 1.94 bits per heavy atom. The van der Waals surface area contributed by atoms with Gasteiger partial charge >= 0.3 is 0 Å². The molecule has 0 N–H and O–H groups in total. The SMILES string of the molecule is CC1CC=C(C(=O)c2ccc(F)c(F)c2F)CC1. The summed E-state index contributed by atoms with van der Waals surface area (Å²) in [6.07, 6.45) is 3.92. The van der Waals surface area contributed by atoms with Crippen molar-refractivity contribution in [1.82, 2.24) is 0 Å². The summed E-state index contributed by atoms with van der Waals surface area (Å²) < 4.78 is 39.3. The highest BCUT2D eigenvalue weighted by molar-refractivity contribution is 6.08. The number of rotatable bonds is 2. The van der Waals surface area contributed by atoms with Gasteiger partial charge in [-0.1, -0.05) is 13.0 Å². The van der Waals surface area contributed by atoms with E-state index in [9.17, 15) is 18.0 Å². The van der Waals surface area contributed by atoms with Crippen LogP contribution in [0, 0.1) is 23.4 Å². The first kappa shape index (κ1) is 12.9. The van der Waals surface area contributed by atoms with E-state index in [0.29, 0.717) is 17.9 Å². The summed E-state index contributed by atoms with van der Waals surface area (Å²) in [5.74, 6) is -4.32. The molecule has 96 valence electrons. The van der Waals surface area contributed by atoms with Crippen molar-refractivity contribution in [1.29, 1.82) is 0 Å². The molecule has 2 rings (SSSR count). The van der Waals surface area contributed by atoms with Crippen molar-refractivity contribution >= 4 is 5.78 Å². The van der Waals surface area contributed by atoms with E-state index >= 15 is 0 Å². The van der Waals surface area contributed by atoms with Crippen LogP contribution >= 0.6 is 0 Å². The van der Waals surface area contributed by atoms with Gasteiger partial charge in [-0.3, -0.25) is 4.79 Å². The number of ketones is 1. The summed E-state index contributed by atoms with van der Waals surface area (Å²) in [6, 6.07) is 1.77. The van der Waals surface area contributed by atoms with Crippen LogP contribution in [0.15, 0.2) is 23.8 Å². The molecule has 1 unspecified atom stereocenters. The highest BCUT2D eigenvalue weighted by Crippen LogP contribution is 2.27. The van der Waals surface area contributed by atoms with Crippen LogP contribution in [-0.2, 0) is 0 Å². The van der Waals surface area contributed by atoms with E-state index in [-0.39, 0.29) is 0 Å². The van der Waals surface area contributed by atoms with E-state index in [2.05, 4.69) is 6.92 Å². The van der Waals surface area contributed by atoms with Gasteiger partial charge in [0.05, 0.1) is 5.56 Å². The average molecular weight is 254 g/mol. The molecule has 1 aliphatic carbocycles. The van der Waals surface area contributed by atoms with Crippen LogP contribution in [0.4, 0.5) is 13.2 Å². The minimum Gasteiger partial charge on any atom is -0.289 e. The van der Waals surface area contributed by atoms with E-state index in [1.54, 1.807) is 6.08 Å². The molecule has 1 nitrogen and oxygen atoms in total. The fourth-order valence-electron chi connectivity index (χ4n) is 2.05. The highest BCUT2D eigenvalue weighted by atomic mass is 19.2. The monoisotopic (exact) mass is 254 g/mol. The quantitative estimate of drug-likeness (QED) is 0.575. The second-order valence-electron chi connectivity index (χ2n) is 4.66. The lowest BCUT2D eigenvalue weighted by Crippen LogP contribution is -2.12. The van der Waals surface area contributed by atoms with Crippen LogP contribution in [0.2, 0.25) is 0 Å². The molecule has 0 radical (unpaired) electrons. The van der Waals surface area contributed by atoms with Crippen molar-refractivity contribution in [2.45, 2.75) is 26.2 Å². The number of benzene rings is 1. The molecule has 0 bridgehead atoms. The zero-order valence-electron chi connectivity index (χ0n) is 9.97. The smallest absolute Gasteiger partial charge is 0.195 e. The summed E-state index contributed by atoms with van der Waals surface area (Å²) in [5.41, 5.74) is 0.0905. The molecule has 1 atom stereocenters. The Hall–Kier alpha value is -1.58. The number of allylic oxidation sites excluding steroid dienone is 2. The molecule has 18 heavy (non-hydrogen) atoms. The summed E-state index contributed by atoms with van der Waals surface area (Å²) in [6.45, 7) is 2.07. The first-order valence-electron chi connectivity index (χ1n) is 5.88. The molecule has 1 aliphatic rings. The van der Waals surface area contributed by atoms with E-state index in [0.717, 1.165) is 25.0 Å². The van der Waals surface area contributed by atoms with Gasteiger partial charge in [0.25, 0.3) is 0 Å². The summed E-state index contributed by atoms with van der Waals surface area (Å²) in [5, 5.41) is 0. The van der Waals surface area contributed by atoms with E-state index in [4.69, 9.17) is 0 Å². The Bertz CT molecular complexity index is 520. The van der Waals surface area contributed by atoms with Gasteiger partial charge in [-0.2, -0.15) is 0 Å². The molecule has 0 amide bonds. The number of hydrogen-bond acceptors (Lipinski definition) is 1. The molecule has 1 aromatic carbocycles. The number of carbonyl (C=O) groups excluding carboxylic acids is 1. The van der Waals surface area contributed by atoms with Crippen LogP contribution in [0.25, 0.3) is 0 Å². The van der Waals surface area contributed by atoms with Crippen molar-refractivity contribution in [3.63, 3.8) is 0 Å². The molecule has 0 spiro atoms. The molecule has 1 aromatic rings. The van der Waals surface area contributed by atoms with Gasteiger partial charge in [-0.05, 0) is 42.9 Å². The van der Waals surface area contributed by atoms with Crippen LogP contribution in [-0.4, -0.2) is 5.78 Å². The molecular formula is C14H13F3O. The standard InChI is InChI=1S/C14H13F3O/c1-8-2-4-9(5-3-8)14(18)10-6-7-11(15)13(17)12(10)16/h4,6-8H,2-3,5H2,1H3. The fourth-order valence-corrected chi connectivity index (χ4v) is 2.05. The number of Topliss-reactive ketones (excluding diaryl/α,β-unsaturated/α-hetero) is 1. The Kier molecular flexibility index (Phi) is 3.55. The van der Waals surface area contributed by atoms with Gasteiger partial charge in [0.2, 0.25) is 0 Å². The predicted octanol–water partition coefficient (Wildman–Crippen LogP) is 4.03. The molecule has 0 aliphatic heterocycles. The average Bonchev–Trinajstić information content (AvgIpc) is 2.36. The largest absolute Gasteiger partial charge is 0.289 e. The maximum absolute atomic E-state index is 13.5. The minimum absolute atomic E-state index is 0.394. The van der Waals surface area contributed by atoms with Crippen molar-refractivity contribution in [2.75, 3.05) is 0 Å². The van der Waals surface area contributed by atoms with Gasteiger partial charge in [0.1, 0.15) is 0 Å². The third-order valence-corrected chi connectivity index (χ3v) is 3.24. The van der Waals surface area contributed by atoms with E-state index in [1.165, 1.54) is 0 Å². The molecule has 0 saturated heterocycles.